The van der Waals surface area contributed by atoms with E-state index in [9.17, 15) is 19.2 Å². The number of nitrogens with one attached hydrogen (secondary N) is 3. The normalized spacial score (nSPS) is 11.7. The van der Waals surface area contributed by atoms with Crippen molar-refractivity contribution in [1.82, 2.24) is 10.3 Å². The molecule has 23 heavy (non-hydrogen) atoms. The molecule has 0 spiro atoms. The van der Waals surface area contributed by atoms with Crippen LogP contribution in [0.1, 0.15) is 24.2 Å². The van der Waals surface area contributed by atoms with E-state index in [1.54, 1.807) is 12.1 Å². The van der Waals surface area contributed by atoms with Crippen LogP contribution in [0.2, 0.25) is 0 Å². The summed E-state index contributed by atoms with van der Waals surface area (Å²) in [5.41, 5.74) is -0.204. The van der Waals surface area contributed by atoms with E-state index in [1.807, 2.05) is 0 Å². The van der Waals surface area contributed by atoms with Crippen molar-refractivity contribution in [1.29, 1.82) is 0 Å². The van der Waals surface area contributed by atoms with Gasteiger partial charge in [0.2, 0.25) is 11.8 Å². The molecule has 1 unspecified atom stereocenters. The van der Waals surface area contributed by atoms with Crippen LogP contribution in [-0.4, -0.2) is 33.9 Å². The molecule has 8 nitrogen and oxygen atoms in total. The fraction of sp³-hybridized carbons (Fsp3) is 0.200. The fourth-order valence-corrected chi connectivity index (χ4v) is 2.06. The van der Waals surface area contributed by atoms with Crippen LogP contribution in [0, 0.1) is 0 Å². The van der Waals surface area contributed by atoms with Gasteiger partial charge in [0.25, 0.3) is 5.56 Å². The largest absolute Gasteiger partial charge is 0.477 e. The number of anilines is 1. The lowest BCUT2D eigenvalue weighted by Crippen LogP contribution is -2.40. The van der Waals surface area contributed by atoms with Gasteiger partial charge < -0.3 is 20.7 Å². The highest BCUT2D eigenvalue weighted by Crippen LogP contribution is 2.17. The van der Waals surface area contributed by atoms with Gasteiger partial charge in [0.15, 0.2) is 0 Å². The number of hydrogen-bond donors (Lipinski definition) is 4. The van der Waals surface area contributed by atoms with Crippen LogP contribution in [-0.2, 0) is 9.59 Å². The van der Waals surface area contributed by atoms with Crippen molar-refractivity contribution in [3.8, 4) is 0 Å². The molecule has 0 aliphatic carbocycles. The first-order valence-electron chi connectivity index (χ1n) is 6.76. The Labute approximate surface area is 130 Å². The number of fused-ring (bicyclic) bond motifs is 1. The summed E-state index contributed by atoms with van der Waals surface area (Å²) >= 11 is 0. The van der Waals surface area contributed by atoms with E-state index in [0.29, 0.717) is 16.6 Å². The van der Waals surface area contributed by atoms with Crippen molar-refractivity contribution in [2.24, 2.45) is 0 Å². The highest BCUT2D eigenvalue weighted by molar-refractivity contribution is 5.99. The predicted molar refractivity (Wildman–Crippen MR) is 83.4 cm³/mol. The maximum absolute atomic E-state index is 11.9. The summed E-state index contributed by atoms with van der Waals surface area (Å²) in [5.74, 6) is -2.07. The van der Waals surface area contributed by atoms with Crippen molar-refractivity contribution in [3.05, 3.63) is 40.2 Å². The third kappa shape index (κ3) is 3.73. The average Bonchev–Trinajstić information content (AvgIpc) is 2.45. The van der Waals surface area contributed by atoms with E-state index in [0.717, 1.165) is 0 Å². The van der Waals surface area contributed by atoms with Crippen LogP contribution in [0.15, 0.2) is 29.1 Å². The van der Waals surface area contributed by atoms with Gasteiger partial charge in [-0.25, -0.2) is 4.79 Å². The molecular formula is C15H15N3O5. The quantitative estimate of drug-likeness (QED) is 0.659. The number of carbonyl (C=O) groups excluding carboxylic acids is 2. The van der Waals surface area contributed by atoms with E-state index < -0.39 is 23.5 Å². The van der Waals surface area contributed by atoms with Gasteiger partial charge in [0.1, 0.15) is 11.6 Å². The van der Waals surface area contributed by atoms with Gasteiger partial charge in [-0.3, -0.25) is 14.4 Å². The highest BCUT2D eigenvalue weighted by atomic mass is 16.4. The monoisotopic (exact) mass is 317 g/mol. The number of aromatic amines is 1. The molecule has 0 fully saturated rings. The van der Waals surface area contributed by atoms with Crippen molar-refractivity contribution in [2.45, 2.75) is 19.9 Å². The predicted octanol–water partition coefficient (Wildman–Crippen LogP) is 0.689. The van der Waals surface area contributed by atoms with Crippen LogP contribution >= 0.6 is 0 Å². The number of benzene rings is 1. The molecule has 2 rings (SSSR count). The molecular weight excluding hydrogens is 302 g/mol. The standard InChI is InChI=1S/C15H15N3O5/c1-7(16-8(2)19)13(20)17-10-3-4-12-9(5-10)6-11(15(22)23)14(21)18-12/h3-7H,1-2H3,(H,16,19)(H,17,20)(H,18,21)(H,22,23). The first kappa shape index (κ1) is 16.2. The summed E-state index contributed by atoms with van der Waals surface area (Å²) in [7, 11) is 0. The number of carboxylic acid groups (broad SMARTS) is 1. The first-order chi connectivity index (χ1) is 10.8. The average molecular weight is 317 g/mol. The third-order valence-electron chi connectivity index (χ3n) is 3.16. The maximum Gasteiger partial charge on any atom is 0.341 e. The molecule has 1 aromatic heterocycles. The number of pyridine rings is 1. The van der Waals surface area contributed by atoms with E-state index in [2.05, 4.69) is 15.6 Å². The Bertz CT molecular complexity index is 856. The Balaban J connectivity index is 2.31. The lowest BCUT2D eigenvalue weighted by atomic mass is 10.1. The first-order valence-corrected chi connectivity index (χ1v) is 6.76. The molecule has 1 heterocycles. The topological polar surface area (TPSA) is 128 Å². The van der Waals surface area contributed by atoms with Crippen LogP contribution < -0.4 is 16.2 Å². The minimum atomic E-state index is -1.33. The fourth-order valence-electron chi connectivity index (χ4n) is 2.06. The van der Waals surface area contributed by atoms with E-state index in [4.69, 9.17) is 5.11 Å². The summed E-state index contributed by atoms with van der Waals surface area (Å²) in [6.07, 6.45) is 0. The zero-order valence-electron chi connectivity index (χ0n) is 12.5. The number of hydrogen-bond acceptors (Lipinski definition) is 4. The summed E-state index contributed by atoms with van der Waals surface area (Å²) in [6, 6.07) is 5.19. The van der Waals surface area contributed by atoms with Crippen molar-refractivity contribution < 1.29 is 19.5 Å². The van der Waals surface area contributed by atoms with Crippen LogP contribution in [0.4, 0.5) is 5.69 Å². The number of carboxylic acids is 1. The summed E-state index contributed by atoms with van der Waals surface area (Å²) in [6.45, 7) is 2.85. The molecule has 1 atom stereocenters. The second kappa shape index (κ2) is 6.30. The minimum absolute atomic E-state index is 0.324. The summed E-state index contributed by atoms with van der Waals surface area (Å²) < 4.78 is 0. The number of carbonyl (C=O) groups is 3. The van der Waals surface area contributed by atoms with Gasteiger partial charge in [-0.15, -0.1) is 0 Å². The number of amides is 2. The molecule has 1 aromatic carbocycles. The second-order valence-corrected chi connectivity index (χ2v) is 5.03. The molecule has 120 valence electrons. The highest BCUT2D eigenvalue weighted by Gasteiger charge is 2.14. The zero-order valence-corrected chi connectivity index (χ0v) is 12.5. The Morgan fingerprint density at radius 2 is 1.91 bits per heavy atom. The molecule has 2 aromatic rings. The van der Waals surface area contributed by atoms with Crippen LogP contribution in [0.5, 0.6) is 0 Å². The lowest BCUT2D eigenvalue weighted by molar-refractivity contribution is -0.124. The lowest BCUT2D eigenvalue weighted by Gasteiger charge is -2.13. The molecule has 2 amide bonds. The number of aromatic carboxylic acids is 1. The van der Waals surface area contributed by atoms with Gasteiger partial charge in [-0.1, -0.05) is 0 Å². The third-order valence-corrected chi connectivity index (χ3v) is 3.16. The summed E-state index contributed by atoms with van der Waals surface area (Å²) in [5, 5.41) is 14.5. The van der Waals surface area contributed by atoms with Gasteiger partial charge >= 0.3 is 5.97 Å². The maximum atomic E-state index is 11.9. The van der Waals surface area contributed by atoms with Crippen LogP contribution in [0.3, 0.4) is 0 Å². The molecule has 0 saturated heterocycles. The van der Waals surface area contributed by atoms with Gasteiger partial charge in [-0.2, -0.15) is 0 Å². The van der Waals surface area contributed by atoms with E-state index in [-0.39, 0.29) is 11.5 Å². The van der Waals surface area contributed by atoms with Crippen molar-refractivity contribution in [2.75, 3.05) is 5.32 Å². The molecule has 0 aliphatic heterocycles. The Morgan fingerprint density at radius 3 is 2.52 bits per heavy atom. The Morgan fingerprint density at radius 1 is 1.22 bits per heavy atom. The SMILES string of the molecule is CC(=O)NC(C)C(=O)Nc1ccc2[nH]c(=O)c(C(=O)O)cc2c1. The van der Waals surface area contributed by atoms with E-state index >= 15 is 0 Å². The van der Waals surface area contributed by atoms with Gasteiger partial charge in [0, 0.05) is 23.5 Å². The molecule has 0 bridgehead atoms. The van der Waals surface area contributed by atoms with Gasteiger partial charge in [-0.05, 0) is 31.2 Å². The number of H-pyrrole nitrogens is 1. The second-order valence-electron chi connectivity index (χ2n) is 5.03. The molecule has 0 radical (unpaired) electrons. The zero-order chi connectivity index (χ0) is 17.1. The molecule has 0 aliphatic rings. The Kier molecular flexibility index (Phi) is 4.44. The Hall–Kier alpha value is -3.16. The smallest absolute Gasteiger partial charge is 0.341 e. The van der Waals surface area contributed by atoms with Crippen LogP contribution in [0.25, 0.3) is 10.9 Å². The van der Waals surface area contributed by atoms with Crippen molar-refractivity contribution >= 4 is 34.4 Å². The number of aromatic nitrogens is 1. The number of rotatable bonds is 4. The summed E-state index contributed by atoms with van der Waals surface area (Å²) in [4.78, 5) is 47.9. The molecule has 0 saturated carbocycles. The minimum Gasteiger partial charge on any atom is -0.477 e. The van der Waals surface area contributed by atoms with E-state index in [1.165, 1.54) is 26.0 Å². The van der Waals surface area contributed by atoms with Crippen molar-refractivity contribution in [3.63, 3.8) is 0 Å². The molecule has 8 heteroatoms. The van der Waals surface area contributed by atoms with Gasteiger partial charge in [0.05, 0.1) is 0 Å². The molecule has 4 N–H and O–H groups in total.